The molecule has 29 heavy (non-hydrogen) atoms. The minimum Gasteiger partial charge on any atom is -0.338 e. The van der Waals surface area contributed by atoms with E-state index in [2.05, 4.69) is 26.9 Å². The van der Waals surface area contributed by atoms with Gasteiger partial charge >= 0.3 is 0 Å². The number of benzene rings is 1. The van der Waals surface area contributed by atoms with Gasteiger partial charge in [0.25, 0.3) is 0 Å². The van der Waals surface area contributed by atoms with Gasteiger partial charge < -0.3 is 9.88 Å². The van der Waals surface area contributed by atoms with Gasteiger partial charge in [0.05, 0.1) is 21.8 Å². The maximum Gasteiger partial charge on any atom is 0.141 e. The second kappa shape index (κ2) is 8.99. The number of aryl methyl sites for hydroxylation is 2. The van der Waals surface area contributed by atoms with Crippen LogP contribution in [0.1, 0.15) is 43.6 Å². The van der Waals surface area contributed by atoms with Crippen molar-refractivity contribution in [3.63, 3.8) is 0 Å². The molecular formula is C22H27Cl2N5. The van der Waals surface area contributed by atoms with Crippen LogP contribution in [0.2, 0.25) is 10.0 Å². The first kappa shape index (κ1) is 20.6. The molecule has 1 aliphatic rings. The third kappa shape index (κ3) is 4.90. The Balaban J connectivity index is 1.37. The molecule has 1 fully saturated rings. The average Bonchev–Trinajstić information content (AvgIpc) is 3.11. The second-order valence-electron chi connectivity index (χ2n) is 8.15. The van der Waals surface area contributed by atoms with E-state index in [-0.39, 0.29) is 0 Å². The number of piperidine rings is 1. The fraction of sp³-hybridized carbons (Fsp3) is 0.500. The molecule has 0 saturated carbocycles. The summed E-state index contributed by atoms with van der Waals surface area (Å²) in [5.74, 6) is 2.52. The zero-order valence-electron chi connectivity index (χ0n) is 17.0. The molecule has 2 aromatic heterocycles. The smallest absolute Gasteiger partial charge is 0.141 e. The number of aromatic nitrogens is 4. The summed E-state index contributed by atoms with van der Waals surface area (Å²) < 4.78 is 0. The van der Waals surface area contributed by atoms with Crippen LogP contribution in [-0.2, 0) is 6.42 Å². The molecule has 4 rings (SSSR count). The number of nitrogens with one attached hydrogen (secondary N) is 1. The van der Waals surface area contributed by atoms with Crippen LogP contribution >= 0.6 is 23.2 Å². The first-order chi connectivity index (χ1) is 14.0. The van der Waals surface area contributed by atoms with E-state index >= 15 is 0 Å². The summed E-state index contributed by atoms with van der Waals surface area (Å²) in [6, 6.07) is 3.53. The second-order valence-corrected chi connectivity index (χ2v) is 8.99. The Hall–Kier alpha value is -1.69. The van der Waals surface area contributed by atoms with Crippen LogP contribution < -0.4 is 0 Å². The fourth-order valence-electron chi connectivity index (χ4n) is 4.10. The molecule has 5 nitrogen and oxygen atoms in total. The third-order valence-corrected chi connectivity index (χ3v) is 6.40. The van der Waals surface area contributed by atoms with E-state index in [1.165, 1.54) is 38.8 Å². The molecule has 1 aromatic carbocycles. The summed E-state index contributed by atoms with van der Waals surface area (Å²) in [4.78, 5) is 19.6. The number of likely N-dealkylation sites (tertiary alicyclic amines) is 1. The Labute approximate surface area is 181 Å². The normalized spacial score (nSPS) is 16.0. The molecule has 1 N–H and O–H groups in total. The maximum absolute atomic E-state index is 6.26. The van der Waals surface area contributed by atoms with E-state index in [0.717, 1.165) is 47.2 Å². The molecule has 3 heterocycles. The molecule has 0 radical (unpaired) electrons. The Kier molecular flexibility index (Phi) is 6.38. The van der Waals surface area contributed by atoms with Crippen molar-refractivity contribution in [3.8, 4) is 11.4 Å². The minimum atomic E-state index is 0.537. The van der Waals surface area contributed by atoms with E-state index in [4.69, 9.17) is 28.2 Å². The summed E-state index contributed by atoms with van der Waals surface area (Å²) >= 11 is 12.4. The zero-order valence-corrected chi connectivity index (χ0v) is 18.5. The predicted octanol–water partition coefficient (Wildman–Crippen LogP) is 5.69. The van der Waals surface area contributed by atoms with Crippen LogP contribution in [0.15, 0.2) is 18.3 Å². The highest BCUT2D eigenvalue weighted by atomic mass is 35.5. The number of fused-ring (bicyclic) bond motifs is 1. The average molecular weight is 432 g/mol. The number of nitrogens with zero attached hydrogens (tertiary/aromatic N) is 4. The summed E-state index contributed by atoms with van der Waals surface area (Å²) in [6.07, 6.45) is 9.19. The molecule has 7 heteroatoms. The summed E-state index contributed by atoms with van der Waals surface area (Å²) in [5, 5.41) is 1.12. The lowest BCUT2D eigenvalue weighted by atomic mass is 9.91. The van der Waals surface area contributed by atoms with Gasteiger partial charge in [-0.25, -0.2) is 15.0 Å². The lowest BCUT2D eigenvalue weighted by Gasteiger charge is -2.28. The number of aromatic amines is 1. The summed E-state index contributed by atoms with van der Waals surface area (Å²) in [7, 11) is 2.22. The summed E-state index contributed by atoms with van der Waals surface area (Å²) in [6.45, 7) is 4.49. The van der Waals surface area contributed by atoms with Gasteiger partial charge in [0.2, 0.25) is 0 Å². The van der Waals surface area contributed by atoms with Crippen LogP contribution in [0.25, 0.3) is 22.4 Å². The van der Waals surface area contributed by atoms with Crippen molar-refractivity contribution >= 4 is 34.2 Å². The van der Waals surface area contributed by atoms with Crippen LogP contribution in [0.4, 0.5) is 0 Å². The van der Waals surface area contributed by atoms with E-state index in [9.17, 15) is 0 Å². The van der Waals surface area contributed by atoms with Crippen LogP contribution in [0, 0.1) is 12.8 Å². The number of hydrogen-bond acceptors (Lipinski definition) is 4. The predicted molar refractivity (Wildman–Crippen MR) is 120 cm³/mol. The van der Waals surface area contributed by atoms with Gasteiger partial charge in [-0.3, -0.25) is 0 Å². The lowest BCUT2D eigenvalue weighted by Crippen LogP contribution is -2.30. The van der Waals surface area contributed by atoms with Gasteiger partial charge in [0.15, 0.2) is 0 Å². The highest BCUT2D eigenvalue weighted by molar-refractivity contribution is 6.38. The van der Waals surface area contributed by atoms with E-state index < -0.39 is 0 Å². The van der Waals surface area contributed by atoms with Crippen molar-refractivity contribution in [3.05, 3.63) is 39.9 Å². The van der Waals surface area contributed by atoms with Crippen LogP contribution in [-0.4, -0.2) is 45.0 Å². The molecular weight excluding hydrogens is 405 g/mol. The number of hydrogen-bond donors (Lipinski definition) is 1. The monoisotopic (exact) mass is 431 g/mol. The molecule has 0 unspecified atom stereocenters. The Morgan fingerprint density at radius 2 is 1.93 bits per heavy atom. The molecule has 0 bridgehead atoms. The van der Waals surface area contributed by atoms with Crippen LogP contribution in [0.5, 0.6) is 0 Å². The van der Waals surface area contributed by atoms with Crippen molar-refractivity contribution in [2.24, 2.45) is 5.92 Å². The van der Waals surface area contributed by atoms with Gasteiger partial charge in [-0.15, -0.1) is 0 Å². The molecule has 3 aromatic rings. The SMILES string of the molecule is Cc1nc(CCCCC2CCN(C)CC2)ncc1-c1nc2c(Cl)cc(Cl)cc2[nH]1. The van der Waals surface area contributed by atoms with Crippen molar-refractivity contribution < 1.29 is 0 Å². The Bertz CT molecular complexity index is 992. The van der Waals surface area contributed by atoms with Crippen molar-refractivity contribution in [2.45, 2.75) is 45.4 Å². The highest BCUT2D eigenvalue weighted by Crippen LogP contribution is 2.29. The third-order valence-electron chi connectivity index (χ3n) is 5.89. The summed E-state index contributed by atoms with van der Waals surface area (Å²) in [5.41, 5.74) is 3.34. The van der Waals surface area contributed by atoms with Crippen molar-refractivity contribution in [2.75, 3.05) is 20.1 Å². The van der Waals surface area contributed by atoms with Gasteiger partial charge in [-0.05, 0) is 64.4 Å². The highest BCUT2D eigenvalue weighted by Gasteiger charge is 2.16. The number of imidazole rings is 1. The maximum atomic E-state index is 6.26. The van der Waals surface area contributed by atoms with Crippen molar-refractivity contribution in [1.29, 1.82) is 0 Å². The number of halogens is 2. The zero-order chi connectivity index (χ0) is 20.4. The van der Waals surface area contributed by atoms with Gasteiger partial charge in [-0.1, -0.05) is 36.0 Å². The molecule has 1 aliphatic heterocycles. The molecule has 0 aliphatic carbocycles. The van der Waals surface area contributed by atoms with Gasteiger partial charge in [0.1, 0.15) is 17.2 Å². The lowest BCUT2D eigenvalue weighted by molar-refractivity contribution is 0.209. The van der Waals surface area contributed by atoms with Crippen LogP contribution in [0.3, 0.4) is 0 Å². The van der Waals surface area contributed by atoms with Gasteiger partial charge in [0, 0.05) is 17.6 Å². The molecule has 0 spiro atoms. The number of rotatable bonds is 6. The first-order valence-corrected chi connectivity index (χ1v) is 11.1. The quantitative estimate of drug-likeness (QED) is 0.509. The molecule has 1 saturated heterocycles. The first-order valence-electron chi connectivity index (χ1n) is 10.4. The largest absolute Gasteiger partial charge is 0.338 e. The standard InChI is InChI=1S/C22H27Cl2N5/c1-14-17(22-27-19-12-16(23)11-18(24)21(19)28-22)13-25-20(26-14)6-4-3-5-15-7-9-29(2)10-8-15/h11-13,15H,3-10H2,1-2H3,(H,27,28). The molecule has 0 amide bonds. The van der Waals surface area contributed by atoms with Crippen molar-refractivity contribution in [1.82, 2.24) is 24.8 Å². The number of unbranched alkanes of at least 4 members (excludes halogenated alkanes) is 1. The van der Waals surface area contributed by atoms with Gasteiger partial charge in [-0.2, -0.15) is 0 Å². The molecule has 0 atom stereocenters. The number of H-pyrrole nitrogens is 1. The Morgan fingerprint density at radius 1 is 1.14 bits per heavy atom. The van der Waals surface area contributed by atoms with E-state index in [1.54, 1.807) is 6.07 Å². The topological polar surface area (TPSA) is 57.7 Å². The van der Waals surface area contributed by atoms with E-state index in [0.29, 0.717) is 15.6 Å². The molecule has 154 valence electrons. The van der Waals surface area contributed by atoms with E-state index in [1.807, 2.05) is 19.2 Å². The minimum absolute atomic E-state index is 0.537. The Morgan fingerprint density at radius 3 is 2.69 bits per heavy atom. The fourth-order valence-corrected chi connectivity index (χ4v) is 4.64.